The Bertz CT molecular complexity index is 681. The number of hydrogen-bond donors (Lipinski definition) is 1. The molecule has 2 fully saturated rings. The third-order valence-corrected chi connectivity index (χ3v) is 4.97. The Labute approximate surface area is 151 Å². The maximum absolute atomic E-state index is 13.3. The monoisotopic (exact) mass is 367 g/mol. The number of anilines is 1. The summed E-state index contributed by atoms with van der Waals surface area (Å²) in [6, 6.07) is 6.19. The zero-order valence-corrected chi connectivity index (χ0v) is 14.9. The van der Waals surface area contributed by atoms with Crippen LogP contribution < -0.4 is 10.2 Å². The average molecular weight is 367 g/mol. The molecule has 0 bridgehead atoms. The number of piperazine rings is 1. The molecule has 8 heteroatoms. The first-order chi connectivity index (χ1) is 12.3. The molecule has 1 amide bonds. The van der Waals surface area contributed by atoms with Gasteiger partial charge in [0.25, 0.3) is 5.92 Å². The molecule has 1 aromatic rings. The smallest absolute Gasteiger partial charge is 0.337 e. The molecule has 26 heavy (non-hydrogen) atoms. The second-order valence-corrected chi connectivity index (χ2v) is 6.86. The number of carbonyl (C=O) groups is 2. The summed E-state index contributed by atoms with van der Waals surface area (Å²) in [4.78, 5) is 27.9. The van der Waals surface area contributed by atoms with Crippen molar-refractivity contribution in [2.75, 3.05) is 38.2 Å². The van der Waals surface area contributed by atoms with E-state index in [1.807, 2.05) is 19.1 Å². The minimum Gasteiger partial charge on any atom is -0.465 e. The summed E-state index contributed by atoms with van der Waals surface area (Å²) in [6.45, 7) is 3.16. The number of esters is 1. The quantitative estimate of drug-likeness (QED) is 0.821. The predicted molar refractivity (Wildman–Crippen MR) is 92.5 cm³/mol. The van der Waals surface area contributed by atoms with Crippen molar-refractivity contribution >= 4 is 17.6 Å². The van der Waals surface area contributed by atoms with Crippen molar-refractivity contribution in [1.29, 1.82) is 0 Å². The molecule has 6 nitrogen and oxygen atoms in total. The SMILES string of the molecule is COC(=O)c1ccc(N2CCN(C(=O)C3CC(F)(F)CN3)C(C)C2)cc1. The first-order valence-electron chi connectivity index (χ1n) is 8.66. The van der Waals surface area contributed by atoms with Crippen molar-refractivity contribution in [2.45, 2.75) is 31.4 Å². The van der Waals surface area contributed by atoms with E-state index >= 15 is 0 Å². The first-order valence-corrected chi connectivity index (χ1v) is 8.66. The highest BCUT2D eigenvalue weighted by atomic mass is 19.3. The summed E-state index contributed by atoms with van der Waals surface area (Å²) in [5.74, 6) is -3.45. The van der Waals surface area contributed by atoms with Crippen LogP contribution in [0.3, 0.4) is 0 Å². The van der Waals surface area contributed by atoms with Gasteiger partial charge >= 0.3 is 5.97 Å². The highest BCUT2D eigenvalue weighted by Gasteiger charge is 2.44. The number of nitrogens with zero attached hydrogens (tertiary/aromatic N) is 2. The van der Waals surface area contributed by atoms with Crippen LogP contribution >= 0.6 is 0 Å². The largest absolute Gasteiger partial charge is 0.465 e. The van der Waals surface area contributed by atoms with Crippen LogP contribution in [0, 0.1) is 0 Å². The van der Waals surface area contributed by atoms with Gasteiger partial charge in [-0.25, -0.2) is 13.6 Å². The second-order valence-electron chi connectivity index (χ2n) is 6.86. The molecule has 2 aliphatic rings. The molecule has 0 saturated carbocycles. The molecular formula is C18H23F2N3O3. The topological polar surface area (TPSA) is 61.9 Å². The lowest BCUT2D eigenvalue weighted by atomic mass is 10.1. The number of rotatable bonds is 3. The highest BCUT2D eigenvalue weighted by Crippen LogP contribution is 2.27. The van der Waals surface area contributed by atoms with Gasteiger partial charge in [0, 0.05) is 37.8 Å². The maximum atomic E-state index is 13.3. The molecule has 0 aliphatic carbocycles. The molecule has 2 heterocycles. The zero-order valence-electron chi connectivity index (χ0n) is 14.9. The average Bonchev–Trinajstić information content (AvgIpc) is 3.00. The van der Waals surface area contributed by atoms with Crippen LogP contribution in [0.4, 0.5) is 14.5 Å². The van der Waals surface area contributed by atoms with Crippen LogP contribution in [0.15, 0.2) is 24.3 Å². The van der Waals surface area contributed by atoms with Crippen molar-refractivity contribution in [1.82, 2.24) is 10.2 Å². The Morgan fingerprint density at radius 3 is 2.46 bits per heavy atom. The van der Waals surface area contributed by atoms with Crippen LogP contribution in [-0.4, -0.2) is 68.1 Å². The van der Waals surface area contributed by atoms with Gasteiger partial charge in [-0.2, -0.15) is 0 Å². The van der Waals surface area contributed by atoms with E-state index in [-0.39, 0.29) is 17.9 Å². The van der Waals surface area contributed by atoms with Crippen molar-refractivity contribution in [2.24, 2.45) is 0 Å². The molecule has 0 aromatic heterocycles. The standard InChI is InChI=1S/C18H23F2N3O3/c1-12-10-22(14-5-3-13(4-6-14)17(25)26-2)7-8-23(12)16(24)15-9-18(19,20)11-21-15/h3-6,12,15,21H,7-11H2,1-2H3. The molecule has 1 aromatic carbocycles. The van der Waals surface area contributed by atoms with Gasteiger partial charge in [-0.05, 0) is 31.2 Å². The number of benzene rings is 1. The van der Waals surface area contributed by atoms with E-state index in [2.05, 4.69) is 15.0 Å². The summed E-state index contributed by atoms with van der Waals surface area (Å²) < 4.78 is 31.4. The lowest BCUT2D eigenvalue weighted by Gasteiger charge is -2.42. The zero-order chi connectivity index (χ0) is 18.9. The Morgan fingerprint density at radius 2 is 1.92 bits per heavy atom. The van der Waals surface area contributed by atoms with E-state index in [9.17, 15) is 18.4 Å². The number of amides is 1. The van der Waals surface area contributed by atoms with Crippen molar-refractivity contribution < 1.29 is 23.1 Å². The summed E-state index contributed by atoms with van der Waals surface area (Å²) >= 11 is 0. The van der Waals surface area contributed by atoms with Crippen LogP contribution in [0.25, 0.3) is 0 Å². The fourth-order valence-electron chi connectivity index (χ4n) is 3.54. The van der Waals surface area contributed by atoms with Gasteiger partial charge in [0.1, 0.15) is 0 Å². The molecule has 0 spiro atoms. The Hall–Kier alpha value is -2.22. The van der Waals surface area contributed by atoms with Gasteiger partial charge in [0.2, 0.25) is 5.91 Å². The number of alkyl halides is 2. The van der Waals surface area contributed by atoms with E-state index in [0.29, 0.717) is 25.2 Å². The van der Waals surface area contributed by atoms with Gasteiger partial charge in [-0.3, -0.25) is 10.1 Å². The molecule has 1 N–H and O–H groups in total. The Morgan fingerprint density at radius 1 is 1.23 bits per heavy atom. The van der Waals surface area contributed by atoms with Crippen LogP contribution in [0.5, 0.6) is 0 Å². The van der Waals surface area contributed by atoms with Crippen molar-refractivity contribution in [3.8, 4) is 0 Å². The van der Waals surface area contributed by atoms with E-state index in [0.717, 1.165) is 5.69 Å². The molecule has 2 saturated heterocycles. The van der Waals surface area contributed by atoms with Crippen LogP contribution in [0.1, 0.15) is 23.7 Å². The number of halogens is 2. The van der Waals surface area contributed by atoms with E-state index in [1.54, 1.807) is 17.0 Å². The van der Waals surface area contributed by atoms with Gasteiger partial charge in [0.15, 0.2) is 0 Å². The van der Waals surface area contributed by atoms with Gasteiger partial charge in [-0.1, -0.05) is 0 Å². The lowest BCUT2D eigenvalue weighted by Crippen LogP contribution is -2.57. The molecule has 0 radical (unpaired) electrons. The van der Waals surface area contributed by atoms with Crippen molar-refractivity contribution in [3.63, 3.8) is 0 Å². The molecule has 2 atom stereocenters. The normalized spacial score (nSPS) is 25.2. The third kappa shape index (κ3) is 3.80. The highest BCUT2D eigenvalue weighted by molar-refractivity contribution is 5.89. The molecule has 3 rings (SSSR count). The van der Waals surface area contributed by atoms with E-state index in [4.69, 9.17) is 0 Å². The van der Waals surface area contributed by atoms with Gasteiger partial charge < -0.3 is 14.5 Å². The Kier molecular flexibility index (Phi) is 5.13. The molecule has 142 valence electrons. The van der Waals surface area contributed by atoms with E-state index < -0.39 is 24.9 Å². The number of hydrogen-bond acceptors (Lipinski definition) is 5. The number of carbonyl (C=O) groups excluding carboxylic acids is 2. The summed E-state index contributed by atoms with van der Waals surface area (Å²) in [7, 11) is 1.34. The fraction of sp³-hybridized carbons (Fsp3) is 0.556. The second kappa shape index (κ2) is 7.19. The number of ether oxygens (including phenoxy) is 1. The lowest BCUT2D eigenvalue weighted by molar-refractivity contribution is -0.136. The summed E-state index contributed by atoms with van der Waals surface area (Å²) in [5.41, 5.74) is 1.42. The minimum absolute atomic E-state index is 0.0902. The molecule has 2 aliphatic heterocycles. The van der Waals surface area contributed by atoms with Gasteiger partial charge in [-0.15, -0.1) is 0 Å². The Balaban J connectivity index is 1.61. The fourth-order valence-corrected chi connectivity index (χ4v) is 3.54. The van der Waals surface area contributed by atoms with Crippen LogP contribution in [-0.2, 0) is 9.53 Å². The van der Waals surface area contributed by atoms with E-state index in [1.165, 1.54) is 7.11 Å². The minimum atomic E-state index is -2.81. The first kappa shape index (κ1) is 18.6. The van der Waals surface area contributed by atoms with Crippen molar-refractivity contribution in [3.05, 3.63) is 29.8 Å². The molecular weight excluding hydrogens is 344 g/mol. The van der Waals surface area contributed by atoms with Crippen LogP contribution in [0.2, 0.25) is 0 Å². The number of methoxy groups -OCH3 is 1. The van der Waals surface area contributed by atoms with Gasteiger partial charge in [0.05, 0.1) is 25.3 Å². The molecule has 2 unspecified atom stereocenters. The third-order valence-electron chi connectivity index (χ3n) is 4.97. The summed E-state index contributed by atoms with van der Waals surface area (Å²) in [5, 5.41) is 2.63. The predicted octanol–water partition coefficient (Wildman–Crippen LogP) is 1.51. The maximum Gasteiger partial charge on any atom is 0.337 e. The summed E-state index contributed by atoms with van der Waals surface area (Å²) in [6.07, 6.45) is -0.437. The number of nitrogens with one attached hydrogen (secondary N) is 1.